The predicted octanol–water partition coefficient (Wildman–Crippen LogP) is 4.69. The van der Waals surface area contributed by atoms with E-state index in [-0.39, 0.29) is 27.9 Å². The number of hydrogen-bond donors (Lipinski definition) is 1. The van der Waals surface area contributed by atoms with E-state index in [1.807, 2.05) is 6.07 Å². The smallest absolute Gasteiger partial charge is 0.417 e. The Morgan fingerprint density at radius 2 is 2.00 bits per heavy atom. The van der Waals surface area contributed by atoms with Gasteiger partial charge in [0.2, 0.25) is 5.82 Å². The highest BCUT2D eigenvalue weighted by atomic mass is 19.4. The van der Waals surface area contributed by atoms with Crippen LogP contribution in [0.4, 0.5) is 22.0 Å². The Hall–Kier alpha value is -3.52. The molecule has 1 fully saturated rings. The van der Waals surface area contributed by atoms with Gasteiger partial charge in [-0.05, 0) is 25.5 Å². The van der Waals surface area contributed by atoms with Gasteiger partial charge in [-0.15, -0.1) is 0 Å². The van der Waals surface area contributed by atoms with E-state index in [0.29, 0.717) is 0 Å². The molecule has 0 aliphatic carbocycles. The highest BCUT2D eigenvalue weighted by molar-refractivity contribution is 5.82. The van der Waals surface area contributed by atoms with Crippen molar-refractivity contribution in [2.24, 2.45) is 0 Å². The second-order valence-electron chi connectivity index (χ2n) is 8.22. The summed E-state index contributed by atoms with van der Waals surface area (Å²) in [5, 5.41) is 9.27. The number of nitrogens with one attached hydrogen (secondary N) is 1. The Kier molecular flexibility index (Phi) is 5.81. The molecule has 4 rings (SSSR count). The Labute approximate surface area is 189 Å². The fourth-order valence-electron chi connectivity index (χ4n) is 4.39. The number of aromatic nitrogens is 2. The third-order valence-corrected chi connectivity index (χ3v) is 6.23. The number of H-pyrrole nitrogens is 1. The first-order chi connectivity index (χ1) is 16.0. The Balaban J connectivity index is 1.91. The van der Waals surface area contributed by atoms with Gasteiger partial charge < -0.3 is 14.5 Å². The molecule has 1 aromatic carbocycles. The maximum Gasteiger partial charge on any atom is 0.417 e. The molecule has 3 atom stereocenters. The monoisotopic (exact) mass is 479 g/mol. The van der Waals surface area contributed by atoms with Crippen LogP contribution in [-0.2, 0) is 4.74 Å². The lowest BCUT2D eigenvalue weighted by Crippen LogP contribution is -2.51. The Bertz CT molecular complexity index is 1360. The zero-order chi connectivity index (χ0) is 24.8. The van der Waals surface area contributed by atoms with Crippen molar-refractivity contribution in [3.05, 3.63) is 69.3 Å². The molecule has 0 radical (unpaired) electrons. The van der Waals surface area contributed by atoms with Crippen LogP contribution in [0.3, 0.4) is 0 Å². The summed E-state index contributed by atoms with van der Waals surface area (Å²) in [7, 11) is 1.09. The third kappa shape index (κ3) is 3.77. The quantitative estimate of drug-likeness (QED) is 0.551. The summed E-state index contributed by atoms with van der Waals surface area (Å²) in [5.74, 6) is -4.98. The molecule has 1 aliphatic heterocycles. The maximum absolute atomic E-state index is 14.5. The molecule has 1 saturated heterocycles. The van der Waals surface area contributed by atoms with Crippen molar-refractivity contribution in [1.29, 1.82) is 5.26 Å². The molecule has 0 bridgehead atoms. The summed E-state index contributed by atoms with van der Waals surface area (Å²) >= 11 is 0. The molecule has 178 valence electrons. The average molecular weight is 479 g/mol. The minimum Gasteiger partial charge on any atom is -0.493 e. The normalized spacial score (nSPS) is 23.0. The number of pyridine rings is 2. The number of fused-ring (bicyclic) bond motifs is 1. The number of nitrogens with zero attached hydrogens (tertiary/aromatic N) is 2. The first kappa shape index (κ1) is 23.6. The first-order valence-corrected chi connectivity index (χ1v) is 10.2. The standard InChI is InChI=1S/C23H18F5N3O3/c1-22(23(26,27)28)8-12(11-3-4-14(24)20(25)21(11)33-2)13(10-34-22)16-7-18(32)19-15(31-16)5-6-30-17(19)9-29/h3-7,12-13H,8,10H2,1-2H3,(H,31,32)/t12-,13+,22+/m0/s1. The number of aromatic amines is 1. The molecular formula is C23H18F5N3O3. The maximum atomic E-state index is 14.5. The van der Waals surface area contributed by atoms with E-state index in [0.717, 1.165) is 26.2 Å². The largest absolute Gasteiger partial charge is 0.493 e. The van der Waals surface area contributed by atoms with Crippen molar-refractivity contribution in [3.63, 3.8) is 0 Å². The van der Waals surface area contributed by atoms with Gasteiger partial charge in [-0.2, -0.15) is 22.8 Å². The van der Waals surface area contributed by atoms with Crippen molar-refractivity contribution in [1.82, 2.24) is 9.97 Å². The second-order valence-corrected chi connectivity index (χ2v) is 8.22. The summed E-state index contributed by atoms with van der Waals surface area (Å²) in [6, 6.07) is 6.43. The van der Waals surface area contributed by atoms with E-state index in [9.17, 15) is 32.0 Å². The minimum absolute atomic E-state index is 0.0126. The van der Waals surface area contributed by atoms with Gasteiger partial charge in [-0.1, -0.05) is 6.07 Å². The summed E-state index contributed by atoms with van der Waals surface area (Å²) in [4.78, 5) is 19.6. The van der Waals surface area contributed by atoms with Gasteiger partial charge in [0, 0.05) is 35.4 Å². The summed E-state index contributed by atoms with van der Waals surface area (Å²) in [5.41, 5.74) is -2.75. The molecule has 0 unspecified atom stereocenters. The Morgan fingerprint density at radius 1 is 1.26 bits per heavy atom. The SMILES string of the molecule is COc1c([C@@H]2C[C@](C)(C(F)(F)F)OC[C@H]2c2cc(=O)c3c(C#N)nccc3[nH]2)ccc(F)c1F. The zero-order valence-corrected chi connectivity index (χ0v) is 18.0. The van der Waals surface area contributed by atoms with E-state index < -0.39 is 59.5 Å². The Morgan fingerprint density at radius 3 is 2.65 bits per heavy atom. The number of ether oxygens (including phenoxy) is 2. The number of methoxy groups -OCH3 is 1. The zero-order valence-electron chi connectivity index (χ0n) is 18.0. The number of halogens is 5. The van der Waals surface area contributed by atoms with Gasteiger partial charge in [-0.3, -0.25) is 4.79 Å². The van der Waals surface area contributed by atoms with Crippen molar-refractivity contribution >= 4 is 10.9 Å². The van der Waals surface area contributed by atoms with Gasteiger partial charge in [0.15, 0.2) is 28.3 Å². The van der Waals surface area contributed by atoms with Crippen molar-refractivity contribution in [3.8, 4) is 11.8 Å². The van der Waals surface area contributed by atoms with Crippen LogP contribution in [0.25, 0.3) is 10.9 Å². The molecule has 2 aromatic heterocycles. The van der Waals surface area contributed by atoms with E-state index in [4.69, 9.17) is 9.47 Å². The van der Waals surface area contributed by atoms with Gasteiger partial charge in [0.05, 0.1) is 24.6 Å². The van der Waals surface area contributed by atoms with E-state index >= 15 is 0 Å². The lowest BCUT2D eigenvalue weighted by Gasteiger charge is -2.44. The van der Waals surface area contributed by atoms with E-state index in [2.05, 4.69) is 9.97 Å². The van der Waals surface area contributed by atoms with Gasteiger partial charge >= 0.3 is 6.18 Å². The van der Waals surface area contributed by atoms with Crippen molar-refractivity contribution in [2.45, 2.75) is 37.0 Å². The fourth-order valence-corrected chi connectivity index (χ4v) is 4.39. The summed E-state index contributed by atoms with van der Waals surface area (Å²) < 4.78 is 80.1. The van der Waals surface area contributed by atoms with E-state index in [1.165, 1.54) is 18.3 Å². The first-order valence-electron chi connectivity index (χ1n) is 10.2. The number of rotatable bonds is 3. The molecule has 0 spiro atoms. The fraction of sp³-hybridized carbons (Fsp3) is 0.348. The highest BCUT2D eigenvalue weighted by Crippen LogP contribution is 2.51. The molecule has 0 amide bonds. The molecule has 6 nitrogen and oxygen atoms in total. The van der Waals surface area contributed by atoms with Crippen LogP contribution in [0.15, 0.2) is 35.3 Å². The average Bonchev–Trinajstić information content (AvgIpc) is 2.79. The topological polar surface area (TPSA) is 88.0 Å². The van der Waals surface area contributed by atoms with Crippen molar-refractivity contribution in [2.75, 3.05) is 13.7 Å². The minimum atomic E-state index is -4.74. The molecule has 1 aliphatic rings. The van der Waals surface area contributed by atoms with Crippen LogP contribution in [0.1, 0.15) is 42.1 Å². The van der Waals surface area contributed by atoms with Crippen LogP contribution >= 0.6 is 0 Å². The molecule has 11 heteroatoms. The number of nitriles is 1. The van der Waals surface area contributed by atoms with Crippen LogP contribution in [0.5, 0.6) is 5.75 Å². The molecule has 3 heterocycles. The summed E-state index contributed by atoms with van der Waals surface area (Å²) in [6.45, 7) is 0.414. The van der Waals surface area contributed by atoms with Crippen LogP contribution < -0.4 is 10.2 Å². The van der Waals surface area contributed by atoms with Crippen LogP contribution in [0, 0.1) is 23.0 Å². The van der Waals surface area contributed by atoms with Crippen LogP contribution in [0.2, 0.25) is 0 Å². The predicted molar refractivity (Wildman–Crippen MR) is 110 cm³/mol. The second kappa shape index (κ2) is 8.36. The summed E-state index contributed by atoms with van der Waals surface area (Å²) in [6.07, 6.45) is -4.07. The molecule has 3 aromatic rings. The van der Waals surface area contributed by atoms with E-state index in [1.54, 1.807) is 0 Å². The lowest BCUT2D eigenvalue weighted by molar-refractivity contribution is -0.286. The van der Waals surface area contributed by atoms with Gasteiger partial charge in [-0.25, -0.2) is 9.37 Å². The molecule has 0 saturated carbocycles. The molecule has 34 heavy (non-hydrogen) atoms. The third-order valence-electron chi connectivity index (χ3n) is 6.23. The number of benzene rings is 1. The van der Waals surface area contributed by atoms with Crippen LogP contribution in [-0.4, -0.2) is 35.5 Å². The lowest BCUT2D eigenvalue weighted by atomic mass is 9.74. The number of hydrogen-bond acceptors (Lipinski definition) is 5. The number of alkyl halides is 3. The van der Waals surface area contributed by atoms with Crippen molar-refractivity contribution < 1.29 is 31.4 Å². The highest BCUT2D eigenvalue weighted by Gasteiger charge is 2.57. The van der Waals surface area contributed by atoms with Gasteiger partial charge in [0.25, 0.3) is 0 Å². The van der Waals surface area contributed by atoms with Gasteiger partial charge in [0.1, 0.15) is 6.07 Å². The molecule has 1 N–H and O–H groups in total. The molecular weight excluding hydrogens is 461 g/mol.